The van der Waals surface area contributed by atoms with Crippen LogP contribution in [0.1, 0.15) is 12.8 Å². The highest BCUT2D eigenvalue weighted by Crippen LogP contribution is 2.39. The molecule has 28 heavy (non-hydrogen) atoms. The van der Waals surface area contributed by atoms with Gasteiger partial charge in [-0.25, -0.2) is 15.0 Å². The standard InChI is InChI=1S/C20H20N6O2/c1-27-18-3-2-14(11-22-18)16-10-17(24-13-23-16)25-19-21-7-6-20(28-19)12-26-8-4-15(20)5-9-26/h2-3,10-11,13,15H,4-5,8-9,12H2,1H3,(H,21,23,24,25). The Balaban J connectivity index is 1.34. The van der Waals surface area contributed by atoms with Crippen LogP contribution in [0.15, 0.2) is 35.7 Å². The first-order chi connectivity index (χ1) is 13.7. The van der Waals surface area contributed by atoms with Crippen LogP contribution in [0.3, 0.4) is 0 Å². The van der Waals surface area contributed by atoms with Crippen LogP contribution in [0.5, 0.6) is 5.88 Å². The molecule has 0 saturated carbocycles. The summed E-state index contributed by atoms with van der Waals surface area (Å²) in [6, 6.07) is 8.84. The van der Waals surface area contributed by atoms with E-state index in [0.717, 1.165) is 43.7 Å². The second-order valence-corrected chi connectivity index (χ2v) is 7.20. The van der Waals surface area contributed by atoms with Crippen molar-refractivity contribution in [3.05, 3.63) is 30.7 Å². The van der Waals surface area contributed by atoms with Crippen molar-refractivity contribution >= 4 is 11.8 Å². The average Bonchev–Trinajstić information content (AvgIpc) is 2.75. The second-order valence-electron chi connectivity index (χ2n) is 7.20. The van der Waals surface area contributed by atoms with E-state index >= 15 is 0 Å². The van der Waals surface area contributed by atoms with Crippen LogP contribution in [0.2, 0.25) is 0 Å². The van der Waals surface area contributed by atoms with Crippen LogP contribution in [-0.4, -0.2) is 58.2 Å². The number of hydrogen-bond acceptors (Lipinski definition) is 8. The van der Waals surface area contributed by atoms with Crippen LogP contribution in [0.25, 0.3) is 11.3 Å². The maximum atomic E-state index is 6.26. The number of anilines is 1. The van der Waals surface area contributed by atoms with Gasteiger partial charge >= 0.3 is 6.02 Å². The van der Waals surface area contributed by atoms with Gasteiger partial charge in [-0.3, -0.25) is 10.2 Å². The Morgan fingerprint density at radius 2 is 2.14 bits per heavy atom. The van der Waals surface area contributed by atoms with Gasteiger partial charge in [0.05, 0.1) is 19.3 Å². The van der Waals surface area contributed by atoms with Crippen LogP contribution >= 0.6 is 0 Å². The van der Waals surface area contributed by atoms with E-state index < -0.39 is 5.60 Å². The summed E-state index contributed by atoms with van der Waals surface area (Å²) in [7, 11) is 1.59. The fourth-order valence-electron chi connectivity index (χ4n) is 4.07. The number of aromatic nitrogens is 3. The summed E-state index contributed by atoms with van der Waals surface area (Å²) in [5.74, 6) is 4.84. The van der Waals surface area contributed by atoms with Gasteiger partial charge in [0, 0.05) is 35.9 Å². The van der Waals surface area contributed by atoms with E-state index in [-0.39, 0.29) is 0 Å². The Kier molecular flexibility index (Phi) is 4.10. The monoisotopic (exact) mass is 376 g/mol. The van der Waals surface area contributed by atoms with Crippen LogP contribution in [0.4, 0.5) is 5.82 Å². The lowest BCUT2D eigenvalue weighted by atomic mass is 9.75. The molecule has 3 fully saturated rings. The molecule has 1 N–H and O–H groups in total. The topological polar surface area (TPSA) is 84.8 Å². The Morgan fingerprint density at radius 1 is 1.25 bits per heavy atom. The van der Waals surface area contributed by atoms with Crippen LogP contribution in [-0.2, 0) is 4.74 Å². The zero-order valence-electron chi connectivity index (χ0n) is 15.6. The van der Waals surface area contributed by atoms with E-state index in [2.05, 4.69) is 42.1 Å². The molecule has 0 aliphatic carbocycles. The molecule has 8 nitrogen and oxygen atoms in total. The van der Waals surface area contributed by atoms with Crippen molar-refractivity contribution in [2.75, 3.05) is 32.1 Å². The summed E-state index contributed by atoms with van der Waals surface area (Å²) in [6.45, 7) is 3.09. The largest absolute Gasteiger partial charge is 0.481 e. The van der Waals surface area contributed by atoms with Gasteiger partial charge in [0.2, 0.25) is 5.88 Å². The smallest absolute Gasteiger partial charge is 0.305 e. The fourth-order valence-corrected chi connectivity index (χ4v) is 4.07. The molecule has 2 aromatic rings. The van der Waals surface area contributed by atoms with Crippen molar-refractivity contribution < 1.29 is 9.47 Å². The zero-order chi connectivity index (χ0) is 19.0. The molecule has 0 amide bonds. The number of nitrogens with one attached hydrogen (secondary N) is 1. The highest BCUT2D eigenvalue weighted by atomic mass is 16.5. The molecule has 8 heteroatoms. The normalized spacial score (nSPS) is 27.4. The minimum absolute atomic E-state index is 0.394. The highest BCUT2D eigenvalue weighted by Gasteiger charge is 2.49. The molecular weight excluding hydrogens is 356 g/mol. The molecule has 4 aliphatic rings. The van der Waals surface area contributed by atoms with Gasteiger partial charge in [-0.15, -0.1) is 4.99 Å². The number of fused-ring (bicyclic) bond motifs is 2. The number of rotatable bonds is 3. The number of hydrogen-bond donors (Lipinski definition) is 1. The minimum Gasteiger partial charge on any atom is -0.481 e. The molecule has 1 atom stereocenters. The maximum Gasteiger partial charge on any atom is 0.305 e. The van der Waals surface area contributed by atoms with Crippen molar-refractivity contribution in [3.8, 4) is 29.1 Å². The third kappa shape index (κ3) is 3.04. The zero-order valence-corrected chi connectivity index (χ0v) is 15.6. The lowest BCUT2D eigenvalue weighted by molar-refractivity contribution is -0.0630. The number of ether oxygens (including phenoxy) is 2. The van der Waals surface area contributed by atoms with Gasteiger partial charge in [0.15, 0.2) is 5.60 Å². The van der Waals surface area contributed by atoms with Crippen molar-refractivity contribution in [2.24, 2.45) is 10.9 Å². The van der Waals surface area contributed by atoms with Crippen LogP contribution in [0, 0.1) is 17.9 Å². The molecule has 2 bridgehead atoms. The van der Waals surface area contributed by atoms with Crippen molar-refractivity contribution in [1.29, 1.82) is 0 Å². The summed E-state index contributed by atoms with van der Waals surface area (Å²) in [5, 5.41) is 3.16. The van der Waals surface area contributed by atoms with E-state index in [1.807, 2.05) is 12.1 Å². The first kappa shape index (κ1) is 17.0. The number of aliphatic imine (C=N–C) groups is 1. The molecule has 6 rings (SSSR count). The van der Waals surface area contributed by atoms with E-state index in [1.54, 1.807) is 19.4 Å². The number of amidine groups is 1. The number of pyridine rings is 1. The Bertz CT molecular complexity index is 972. The van der Waals surface area contributed by atoms with E-state index in [9.17, 15) is 0 Å². The molecule has 0 aromatic carbocycles. The van der Waals surface area contributed by atoms with Crippen molar-refractivity contribution in [1.82, 2.24) is 19.9 Å². The summed E-state index contributed by atoms with van der Waals surface area (Å²) < 4.78 is 11.4. The van der Waals surface area contributed by atoms with Gasteiger partial charge < -0.3 is 9.47 Å². The van der Waals surface area contributed by atoms with Crippen LogP contribution < -0.4 is 10.1 Å². The summed E-state index contributed by atoms with van der Waals surface area (Å²) in [4.78, 5) is 19.4. The van der Waals surface area contributed by atoms with E-state index in [1.165, 1.54) is 6.33 Å². The van der Waals surface area contributed by atoms with Gasteiger partial charge in [0.25, 0.3) is 0 Å². The fraction of sp³-hybridized carbons (Fsp3) is 0.400. The van der Waals surface area contributed by atoms with Crippen molar-refractivity contribution in [3.63, 3.8) is 0 Å². The lowest BCUT2D eigenvalue weighted by Gasteiger charge is -2.50. The highest BCUT2D eigenvalue weighted by molar-refractivity contribution is 5.90. The maximum absolute atomic E-state index is 6.26. The molecule has 1 spiro atoms. The number of methoxy groups -OCH3 is 1. The minimum atomic E-state index is -0.462. The molecule has 6 heterocycles. The SMILES string of the molecule is COc1ccc(-c2cc(NC3=NC#CC4(CN5CCC4CC5)O3)ncn2)cn1. The molecule has 1 unspecified atom stereocenters. The van der Waals surface area contributed by atoms with Crippen molar-refractivity contribution in [2.45, 2.75) is 18.4 Å². The Morgan fingerprint density at radius 3 is 2.86 bits per heavy atom. The third-order valence-electron chi connectivity index (χ3n) is 5.55. The lowest BCUT2D eigenvalue weighted by Crippen LogP contribution is -2.61. The molecule has 0 radical (unpaired) electrons. The molecule has 142 valence electrons. The summed E-state index contributed by atoms with van der Waals surface area (Å²) >= 11 is 0. The molecular formula is C20H20N6O2. The first-order valence-corrected chi connectivity index (χ1v) is 9.35. The second kappa shape index (κ2) is 6.77. The van der Waals surface area contributed by atoms with Gasteiger partial charge in [0.1, 0.15) is 12.1 Å². The van der Waals surface area contributed by atoms with Gasteiger partial charge in [-0.1, -0.05) is 0 Å². The molecule has 4 aliphatic heterocycles. The Labute approximate surface area is 163 Å². The quantitative estimate of drug-likeness (QED) is 0.817. The van der Waals surface area contributed by atoms with E-state index in [0.29, 0.717) is 23.6 Å². The molecule has 3 saturated heterocycles. The predicted molar refractivity (Wildman–Crippen MR) is 104 cm³/mol. The molecule has 2 aromatic heterocycles. The average molecular weight is 376 g/mol. The van der Waals surface area contributed by atoms with E-state index in [4.69, 9.17) is 9.47 Å². The van der Waals surface area contributed by atoms with Gasteiger partial charge in [-0.05, 0) is 37.9 Å². The van der Waals surface area contributed by atoms with Gasteiger partial charge in [-0.2, -0.15) is 0 Å². The number of piperidine rings is 3. The number of nitrogens with zero attached hydrogens (tertiary/aromatic N) is 5. The summed E-state index contributed by atoms with van der Waals surface area (Å²) in [6.07, 6.45) is 5.45. The first-order valence-electron chi connectivity index (χ1n) is 9.35. The third-order valence-corrected chi connectivity index (χ3v) is 5.55. The predicted octanol–water partition coefficient (Wildman–Crippen LogP) is 1.77. The summed E-state index contributed by atoms with van der Waals surface area (Å²) in [5.41, 5.74) is 1.15. The Hall–Kier alpha value is -3.18.